The first-order valence-electron chi connectivity index (χ1n) is 2.79. The molecule has 0 N–H and O–H groups in total. The van der Waals surface area contributed by atoms with Crippen LogP contribution in [0.3, 0.4) is 0 Å². The normalized spacial score (nSPS) is 8.70. The van der Waals surface area contributed by atoms with Gasteiger partial charge in [0.1, 0.15) is 0 Å². The lowest BCUT2D eigenvalue weighted by atomic mass is 10.2. The fourth-order valence-electron chi connectivity index (χ4n) is 0.609. The molecule has 1 nitrogen and oxygen atoms in total. The van der Waals surface area contributed by atoms with Crippen molar-refractivity contribution in [2.75, 3.05) is 0 Å². The van der Waals surface area contributed by atoms with E-state index in [1.807, 2.05) is 19.9 Å². The smallest absolute Gasteiger partial charge is 0.0413 e. The molecular formula is C7H9BrClN. The third-order valence-corrected chi connectivity index (χ3v) is 2.25. The maximum atomic E-state index is 4.11. The maximum absolute atomic E-state index is 4.11. The third kappa shape index (κ3) is 1.96. The fraction of sp³-hybridized carbons (Fsp3) is 0.286. The zero-order chi connectivity index (χ0) is 6.85. The molecule has 0 saturated carbocycles. The molecule has 1 aromatic heterocycles. The molecule has 0 radical (unpaired) electrons. The highest BCUT2D eigenvalue weighted by atomic mass is 79.9. The summed E-state index contributed by atoms with van der Waals surface area (Å²) in [7, 11) is 0. The minimum atomic E-state index is 0. The Bertz CT molecular complexity index is 205. The van der Waals surface area contributed by atoms with E-state index >= 15 is 0 Å². The number of pyridine rings is 1. The van der Waals surface area contributed by atoms with E-state index in [9.17, 15) is 0 Å². The van der Waals surface area contributed by atoms with Gasteiger partial charge in [-0.1, -0.05) is 15.9 Å². The molecule has 1 rings (SSSR count). The molecular weight excluding hydrogens is 213 g/mol. The average Bonchev–Trinajstić information content (AvgIpc) is 1.83. The van der Waals surface area contributed by atoms with Crippen LogP contribution in [-0.4, -0.2) is 4.98 Å². The highest BCUT2D eigenvalue weighted by Gasteiger charge is 1.95. The summed E-state index contributed by atoms with van der Waals surface area (Å²) in [5.74, 6) is 0. The number of aryl methyl sites for hydroxylation is 1. The molecule has 0 aliphatic rings. The summed E-state index contributed by atoms with van der Waals surface area (Å²) in [6.45, 7) is 4.05. The molecule has 1 aromatic rings. The number of halogens is 2. The van der Waals surface area contributed by atoms with Gasteiger partial charge in [0.15, 0.2) is 0 Å². The van der Waals surface area contributed by atoms with Gasteiger partial charge in [0.2, 0.25) is 0 Å². The lowest BCUT2D eigenvalue weighted by Crippen LogP contribution is -1.84. The van der Waals surface area contributed by atoms with Crippen molar-refractivity contribution in [3.05, 3.63) is 28.0 Å². The van der Waals surface area contributed by atoms with E-state index < -0.39 is 0 Å². The lowest BCUT2D eigenvalue weighted by molar-refractivity contribution is 1.14. The van der Waals surface area contributed by atoms with Gasteiger partial charge >= 0.3 is 0 Å². The van der Waals surface area contributed by atoms with Crippen LogP contribution in [0.5, 0.6) is 0 Å². The first-order valence-corrected chi connectivity index (χ1v) is 3.59. The molecule has 0 amide bonds. The molecule has 0 aromatic carbocycles. The van der Waals surface area contributed by atoms with Gasteiger partial charge in [0.05, 0.1) is 0 Å². The fourth-order valence-corrected chi connectivity index (χ4v) is 1.01. The minimum absolute atomic E-state index is 0. The van der Waals surface area contributed by atoms with Crippen LogP contribution in [-0.2, 0) is 0 Å². The van der Waals surface area contributed by atoms with Gasteiger partial charge in [-0.05, 0) is 25.5 Å². The summed E-state index contributed by atoms with van der Waals surface area (Å²) in [5.41, 5.74) is 2.31. The van der Waals surface area contributed by atoms with Gasteiger partial charge < -0.3 is 0 Å². The largest absolute Gasteiger partial charge is 0.261 e. The SMILES string of the molecule is Cc1nccc(Br)c1C.Cl. The predicted octanol–water partition coefficient (Wildman–Crippen LogP) is 2.88. The lowest BCUT2D eigenvalue weighted by Gasteiger charge is -1.98. The zero-order valence-electron chi connectivity index (χ0n) is 5.89. The second-order valence-corrected chi connectivity index (χ2v) is 2.86. The Morgan fingerprint density at radius 1 is 1.40 bits per heavy atom. The molecule has 0 spiro atoms. The topological polar surface area (TPSA) is 12.9 Å². The van der Waals surface area contributed by atoms with E-state index in [0.717, 1.165) is 10.2 Å². The van der Waals surface area contributed by atoms with Gasteiger partial charge in [-0.15, -0.1) is 12.4 Å². The van der Waals surface area contributed by atoms with E-state index in [2.05, 4.69) is 20.9 Å². The van der Waals surface area contributed by atoms with Gasteiger partial charge in [-0.25, -0.2) is 0 Å². The molecule has 1 heterocycles. The maximum Gasteiger partial charge on any atom is 0.0413 e. The van der Waals surface area contributed by atoms with Crippen LogP contribution in [0, 0.1) is 13.8 Å². The standard InChI is InChI=1S/C7H8BrN.ClH/c1-5-6(2)9-4-3-7(5)8;/h3-4H,1-2H3;1H. The van der Waals surface area contributed by atoms with Gasteiger partial charge in [0.25, 0.3) is 0 Å². The molecule has 0 aliphatic heterocycles. The summed E-state index contributed by atoms with van der Waals surface area (Å²) < 4.78 is 1.13. The van der Waals surface area contributed by atoms with Gasteiger partial charge in [0, 0.05) is 16.4 Å². The van der Waals surface area contributed by atoms with Crippen LogP contribution in [0.15, 0.2) is 16.7 Å². The van der Waals surface area contributed by atoms with Crippen molar-refractivity contribution in [1.29, 1.82) is 0 Å². The van der Waals surface area contributed by atoms with E-state index in [1.165, 1.54) is 5.56 Å². The van der Waals surface area contributed by atoms with Crippen LogP contribution in [0.1, 0.15) is 11.3 Å². The first kappa shape index (κ1) is 9.92. The quantitative estimate of drug-likeness (QED) is 0.658. The third-order valence-electron chi connectivity index (χ3n) is 1.39. The predicted molar refractivity (Wildman–Crippen MR) is 48.7 cm³/mol. The monoisotopic (exact) mass is 221 g/mol. The van der Waals surface area contributed by atoms with Crippen LogP contribution < -0.4 is 0 Å². The Kier molecular flexibility index (Phi) is 3.91. The van der Waals surface area contributed by atoms with E-state index in [4.69, 9.17) is 0 Å². The highest BCUT2D eigenvalue weighted by molar-refractivity contribution is 9.10. The molecule has 3 heteroatoms. The van der Waals surface area contributed by atoms with Crippen molar-refractivity contribution < 1.29 is 0 Å². The number of nitrogens with zero attached hydrogens (tertiary/aromatic N) is 1. The Morgan fingerprint density at radius 2 is 2.00 bits per heavy atom. The van der Waals surface area contributed by atoms with Crippen LogP contribution in [0.2, 0.25) is 0 Å². The minimum Gasteiger partial charge on any atom is -0.261 e. The average molecular weight is 223 g/mol. The zero-order valence-corrected chi connectivity index (χ0v) is 8.29. The Hall–Kier alpha value is -0.0800. The Labute approximate surface area is 75.4 Å². The van der Waals surface area contributed by atoms with Crippen molar-refractivity contribution in [1.82, 2.24) is 4.98 Å². The van der Waals surface area contributed by atoms with Gasteiger partial charge in [-0.2, -0.15) is 0 Å². The summed E-state index contributed by atoms with van der Waals surface area (Å²) in [4.78, 5) is 4.11. The number of rotatable bonds is 0. The molecule has 0 bridgehead atoms. The van der Waals surface area contributed by atoms with Crippen molar-refractivity contribution in [2.45, 2.75) is 13.8 Å². The summed E-state index contributed by atoms with van der Waals surface area (Å²) >= 11 is 3.41. The van der Waals surface area contributed by atoms with E-state index in [-0.39, 0.29) is 12.4 Å². The molecule has 0 saturated heterocycles. The van der Waals surface area contributed by atoms with Crippen molar-refractivity contribution in [3.8, 4) is 0 Å². The van der Waals surface area contributed by atoms with Gasteiger partial charge in [-0.3, -0.25) is 4.98 Å². The first-order chi connectivity index (χ1) is 4.22. The van der Waals surface area contributed by atoms with E-state index in [1.54, 1.807) is 6.20 Å². The van der Waals surface area contributed by atoms with Crippen molar-refractivity contribution in [3.63, 3.8) is 0 Å². The summed E-state index contributed by atoms with van der Waals surface area (Å²) in [5, 5.41) is 0. The van der Waals surface area contributed by atoms with Crippen molar-refractivity contribution >= 4 is 28.3 Å². The van der Waals surface area contributed by atoms with E-state index in [0.29, 0.717) is 0 Å². The molecule has 0 fully saturated rings. The summed E-state index contributed by atoms with van der Waals surface area (Å²) in [6.07, 6.45) is 1.80. The second kappa shape index (κ2) is 3.94. The van der Waals surface area contributed by atoms with Crippen molar-refractivity contribution in [2.24, 2.45) is 0 Å². The molecule has 0 atom stereocenters. The van der Waals surface area contributed by atoms with Crippen LogP contribution in [0.4, 0.5) is 0 Å². The molecule has 10 heavy (non-hydrogen) atoms. The number of aromatic nitrogens is 1. The molecule has 0 unspecified atom stereocenters. The Morgan fingerprint density at radius 3 is 2.40 bits per heavy atom. The Balaban J connectivity index is 0.000000810. The van der Waals surface area contributed by atoms with Crippen LogP contribution in [0.25, 0.3) is 0 Å². The van der Waals surface area contributed by atoms with Crippen LogP contribution >= 0.6 is 28.3 Å². The molecule has 56 valence electrons. The molecule has 0 aliphatic carbocycles. The number of hydrogen-bond donors (Lipinski definition) is 0. The summed E-state index contributed by atoms with van der Waals surface area (Å²) in [6, 6.07) is 1.95. The number of hydrogen-bond acceptors (Lipinski definition) is 1. The second-order valence-electron chi connectivity index (χ2n) is 2.00. The highest BCUT2D eigenvalue weighted by Crippen LogP contribution is 2.15.